The SMILES string of the molecule is CC1CCCC(Nc2cnn(CC(N)=O)c2)C1C. The Labute approximate surface area is 108 Å². The van der Waals surface area contributed by atoms with Gasteiger partial charge in [-0.05, 0) is 18.3 Å². The van der Waals surface area contributed by atoms with E-state index in [4.69, 9.17) is 5.73 Å². The molecule has 5 nitrogen and oxygen atoms in total. The molecule has 1 aromatic heterocycles. The van der Waals surface area contributed by atoms with Crippen LogP contribution in [0, 0.1) is 11.8 Å². The number of nitrogens with one attached hydrogen (secondary N) is 1. The van der Waals surface area contributed by atoms with Crippen LogP contribution in [0.25, 0.3) is 0 Å². The Hall–Kier alpha value is -1.52. The first kappa shape index (κ1) is 12.9. The van der Waals surface area contributed by atoms with Crippen LogP contribution in [0.3, 0.4) is 0 Å². The van der Waals surface area contributed by atoms with Crippen molar-refractivity contribution in [2.24, 2.45) is 17.6 Å². The molecule has 0 aliphatic heterocycles. The lowest BCUT2D eigenvalue weighted by atomic mass is 9.78. The summed E-state index contributed by atoms with van der Waals surface area (Å²) in [4.78, 5) is 10.8. The van der Waals surface area contributed by atoms with Crippen molar-refractivity contribution in [1.82, 2.24) is 9.78 Å². The summed E-state index contributed by atoms with van der Waals surface area (Å²) < 4.78 is 1.57. The van der Waals surface area contributed by atoms with E-state index in [0.29, 0.717) is 12.0 Å². The van der Waals surface area contributed by atoms with Gasteiger partial charge in [0.1, 0.15) is 6.54 Å². The van der Waals surface area contributed by atoms with Gasteiger partial charge in [-0.25, -0.2) is 0 Å². The molecule has 1 saturated carbocycles. The third kappa shape index (κ3) is 3.03. The maximum atomic E-state index is 10.8. The third-order valence-corrected chi connectivity index (χ3v) is 4.01. The highest BCUT2D eigenvalue weighted by Gasteiger charge is 2.26. The average Bonchev–Trinajstić information content (AvgIpc) is 2.71. The number of anilines is 1. The predicted octanol–water partition coefficient (Wildman–Crippen LogP) is 1.60. The summed E-state index contributed by atoms with van der Waals surface area (Å²) in [6, 6.07) is 0.500. The van der Waals surface area contributed by atoms with Gasteiger partial charge in [0.05, 0.1) is 11.9 Å². The number of primary amides is 1. The zero-order valence-corrected chi connectivity index (χ0v) is 11.1. The van der Waals surface area contributed by atoms with E-state index in [9.17, 15) is 4.79 Å². The summed E-state index contributed by atoms with van der Waals surface area (Å²) in [7, 11) is 0. The van der Waals surface area contributed by atoms with E-state index in [1.807, 2.05) is 6.20 Å². The first-order chi connectivity index (χ1) is 8.56. The molecule has 100 valence electrons. The number of hydrogen-bond acceptors (Lipinski definition) is 3. The van der Waals surface area contributed by atoms with Gasteiger partial charge >= 0.3 is 0 Å². The number of hydrogen-bond donors (Lipinski definition) is 2. The van der Waals surface area contributed by atoms with Gasteiger partial charge in [0.25, 0.3) is 0 Å². The van der Waals surface area contributed by atoms with Gasteiger partial charge in [0.15, 0.2) is 0 Å². The summed E-state index contributed by atoms with van der Waals surface area (Å²) >= 11 is 0. The highest BCUT2D eigenvalue weighted by atomic mass is 16.1. The molecule has 5 heteroatoms. The number of amides is 1. The third-order valence-electron chi connectivity index (χ3n) is 4.01. The van der Waals surface area contributed by atoms with Crippen LogP contribution >= 0.6 is 0 Å². The maximum absolute atomic E-state index is 10.8. The highest BCUT2D eigenvalue weighted by Crippen LogP contribution is 2.31. The number of carbonyl (C=O) groups is 1. The van der Waals surface area contributed by atoms with E-state index in [2.05, 4.69) is 24.3 Å². The monoisotopic (exact) mass is 250 g/mol. The molecule has 1 amide bonds. The summed E-state index contributed by atoms with van der Waals surface area (Å²) in [6.45, 7) is 4.75. The van der Waals surface area contributed by atoms with Crippen LogP contribution < -0.4 is 11.1 Å². The van der Waals surface area contributed by atoms with Crippen LogP contribution in [0.1, 0.15) is 33.1 Å². The minimum Gasteiger partial charge on any atom is -0.379 e. The molecule has 2 rings (SSSR count). The molecular formula is C13H22N4O. The van der Waals surface area contributed by atoms with E-state index in [1.165, 1.54) is 19.3 Å². The number of rotatable bonds is 4. The second kappa shape index (κ2) is 5.42. The van der Waals surface area contributed by atoms with Gasteiger partial charge in [-0.3, -0.25) is 9.48 Å². The molecule has 0 spiro atoms. The second-order valence-electron chi connectivity index (χ2n) is 5.41. The Morgan fingerprint density at radius 2 is 2.33 bits per heavy atom. The number of carbonyl (C=O) groups excluding carboxylic acids is 1. The molecule has 3 N–H and O–H groups in total. The fourth-order valence-electron chi connectivity index (χ4n) is 2.68. The molecule has 3 unspecified atom stereocenters. The topological polar surface area (TPSA) is 72.9 Å². The van der Waals surface area contributed by atoms with Gasteiger partial charge in [-0.15, -0.1) is 0 Å². The Balaban J connectivity index is 1.96. The molecule has 0 radical (unpaired) electrons. The minimum absolute atomic E-state index is 0.137. The van der Waals surface area contributed by atoms with Crippen LogP contribution in [0.4, 0.5) is 5.69 Å². The van der Waals surface area contributed by atoms with E-state index in [1.54, 1.807) is 10.9 Å². The molecule has 0 bridgehead atoms. The van der Waals surface area contributed by atoms with Gasteiger partial charge < -0.3 is 11.1 Å². The normalized spacial score (nSPS) is 28.0. The summed E-state index contributed by atoms with van der Waals surface area (Å²) in [6.07, 6.45) is 7.40. The van der Waals surface area contributed by atoms with Crippen molar-refractivity contribution in [3.05, 3.63) is 12.4 Å². The molecule has 1 aliphatic rings. The molecule has 0 aromatic carbocycles. The highest BCUT2D eigenvalue weighted by molar-refractivity contribution is 5.73. The molecular weight excluding hydrogens is 228 g/mol. The molecule has 18 heavy (non-hydrogen) atoms. The number of nitrogens with zero attached hydrogens (tertiary/aromatic N) is 2. The van der Waals surface area contributed by atoms with Crippen molar-refractivity contribution in [1.29, 1.82) is 0 Å². The minimum atomic E-state index is -0.371. The lowest BCUT2D eigenvalue weighted by Crippen LogP contribution is -2.34. The molecule has 1 aromatic rings. The van der Waals surface area contributed by atoms with E-state index in [0.717, 1.165) is 11.6 Å². The number of nitrogens with two attached hydrogens (primary N) is 1. The van der Waals surface area contributed by atoms with E-state index >= 15 is 0 Å². The predicted molar refractivity (Wildman–Crippen MR) is 71.0 cm³/mol. The van der Waals surface area contributed by atoms with Crippen LogP contribution in [-0.4, -0.2) is 21.7 Å². The summed E-state index contributed by atoms with van der Waals surface area (Å²) in [5, 5.41) is 7.64. The van der Waals surface area contributed by atoms with Crippen LogP contribution in [-0.2, 0) is 11.3 Å². The van der Waals surface area contributed by atoms with E-state index < -0.39 is 0 Å². The lowest BCUT2D eigenvalue weighted by Gasteiger charge is -2.34. The van der Waals surface area contributed by atoms with Crippen molar-refractivity contribution in [3.8, 4) is 0 Å². The quantitative estimate of drug-likeness (QED) is 0.852. The van der Waals surface area contributed by atoms with Gasteiger partial charge in [0.2, 0.25) is 5.91 Å². The fourth-order valence-corrected chi connectivity index (χ4v) is 2.68. The van der Waals surface area contributed by atoms with Crippen LogP contribution in [0.15, 0.2) is 12.4 Å². The Kier molecular flexibility index (Phi) is 3.89. The first-order valence-corrected chi connectivity index (χ1v) is 6.63. The molecule has 1 fully saturated rings. The first-order valence-electron chi connectivity index (χ1n) is 6.63. The second-order valence-corrected chi connectivity index (χ2v) is 5.41. The smallest absolute Gasteiger partial charge is 0.239 e. The van der Waals surface area contributed by atoms with Crippen molar-refractivity contribution in [3.63, 3.8) is 0 Å². The van der Waals surface area contributed by atoms with Crippen molar-refractivity contribution in [2.75, 3.05) is 5.32 Å². The summed E-state index contributed by atoms with van der Waals surface area (Å²) in [5.74, 6) is 1.06. The molecule has 3 atom stereocenters. The Morgan fingerprint density at radius 1 is 1.56 bits per heavy atom. The van der Waals surface area contributed by atoms with Gasteiger partial charge in [-0.1, -0.05) is 26.7 Å². The Morgan fingerprint density at radius 3 is 3.06 bits per heavy atom. The zero-order chi connectivity index (χ0) is 13.1. The van der Waals surface area contributed by atoms with Crippen molar-refractivity contribution < 1.29 is 4.79 Å². The largest absolute Gasteiger partial charge is 0.379 e. The lowest BCUT2D eigenvalue weighted by molar-refractivity contribution is -0.118. The van der Waals surface area contributed by atoms with E-state index in [-0.39, 0.29) is 12.5 Å². The molecule has 1 heterocycles. The molecule has 1 aliphatic carbocycles. The van der Waals surface area contributed by atoms with Crippen LogP contribution in [0.2, 0.25) is 0 Å². The maximum Gasteiger partial charge on any atom is 0.239 e. The van der Waals surface area contributed by atoms with Crippen LogP contribution in [0.5, 0.6) is 0 Å². The summed E-state index contributed by atoms with van der Waals surface area (Å²) in [5.41, 5.74) is 6.11. The van der Waals surface area contributed by atoms with Crippen molar-refractivity contribution in [2.45, 2.75) is 45.7 Å². The fraction of sp³-hybridized carbons (Fsp3) is 0.692. The standard InChI is InChI=1S/C13H22N4O/c1-9-4-3-5-12(10(9)2)16-11-6-15-17(7-11)8-13(14)18/h6-7,9-10,12,16H,3-5,8H2,1-2H3,(H2,14,18). The molecule has 0 saturated heterocycles. The zero-order valence-electron chi connectivity index (χ0n) is 11.1. The van der Waals surface area contributed by atoms with Gasteiger partial charge in [0, 0.05) is 12.2 Å². The average molecular weight is 250 g/mol. The van der Waals surface area contributed by atoms with Crippen molar-refractivity contribution >= 4 is 11.6 Å². The number of aromatic nitrogens is 2. The Bertz CT molecular complexity index is 415. The van der Waals surface area contributed by atoms with Gasteiger partial charge in [-0.2, -0.15) is 5.10 Å².